The number of carbonyl (C=O) groups excluding carboxylic acids is 1. The summed E-state index contributed by atoms with van der Waals surface area (Å²) in [6.45, 7) is 2.84. The number of nitrogens with zero attached hydrogens (tertiary/aromatic N) is 3. The van der Waals surface area contributed by atoms with Crippen LogP contribution in [0.2, 0.25) is 0 Å². The molecular formula is C12H14N4O2. The summed E-state index contributed by atoms with van der Waals surface area (Å²) >= 11 is 0. The van der Waals surface area contributed by atoms with Gasteiger partial charge < -0.3 is 14.3 Å². The van der Waals surface area contributed by atoms with E-state index in [-0.39, 0.29) is 11.9 Å². The van der Waals surface area contributed by atoms with Crippen molar-refractivity contribution in [2.24, 2.45) is 0 Å². The average molecular weight is 246 g/mol. The second-order valence-corrected chi connectivity index (χ2v) is 4.44. The van der Waals surface area contributed by atoms with E-state index in [0.717, 1.165) is 31.0 Å². The summed E-state index contributed by atoms with van der Waals surface area (Å²) in [6.07, 6.45) is 4.97. The molecule has 2 aromatic rings. The lowest BCUT2D eigenvalue weighted by molar-refractivity contribution is 0.0937. The predicted molar refractivity (Wildman–Crippen MR) is 62.9 cm³/mol. The summed E-state index contributed by atoms with van der Waals surface area (Å²) in [7, 11) is 0. The molecule has 1 N–H and O–H groups in total. The van der Waals surface area contributed by atoms with Gasteiger partial charge in [0.05, 0.1) is 17.9 Å². The Balaban J connectivity index is 1.75. The third kappa shape index (κ3) is 1.79. The van der Waals surface area contributed by atoms with Gasteiger partial charge in [-0.2, -0.15) is 0 Å². The maximum Gasteiger partial charge on any atom is 0.255 e. The lowest BCUT2D eigenvalue weighted by Gasteiger charge is -2.13. The Bertz CT molecular complexity index is 559. The van der Waals surface area contributed by atoms with E-state index in [4.69, 9.17) is 4.42 Å². The van der Waals surface area contributed by atoms with Gasteiger partial charge in [-0.15, -0.1) is 10.2 Å². The Kier molecular flexibility index (Phi) is 2.62. The second-order valence-electron chi connectivity index (χ2n) is 4.44. The monoisotopic (exact) mass is 246 g/mol. The van der Waals surface area contributed by atoms with Crippen LogP contribution in [-0.4, -0.2) is 20.7 Å². The zero-order valence-corrected chi connectivity index (χ0v) is 10.1. The molecule has 18 heavy (non-hydrogen) atoms. The molecule has 0 spiro atoms. The number of nitrogens with one attached hydrogen (secondary N) is 1. The van der Waals surface area contributed by atoms with E-state index in [2.05, 4.69) is 20.1 Å². The largest absolute Gasteiger partial charge is 0.472 e. The van der Waals surface area contributed by atoms with Gasteiger partial charge in [-0.3, -0.25) is 4.79 Å². The molecule has 3 heterocycles. The molecule has 6 nitrogen and oxygen atoms in total. The third-order valence-corrected chi connectivity index (χ3v) is 3.16. The predicted octanol–water partition coefficient (Wildman–Crippen LogP) is 1.31. The zero-order chi connectivity index (χ0) is 12.5. The number of aryl methyl sites for hydroxylation is 1. The summed E-state index contributed by atoms with van der Waals surface area (Å²) in [5.41, 5.74) is 0.517. The molecule has 0 radical (unpaired) electrons. The first-order valence-corrected chi connectivity index (χ1v) is 6.01. The quantitative estimate of drug-likeness (QED) is 0.886. The lowest BCUT2D eigenvalue weighted by atomic mass is 10.2. The van der Waals surface area contributed by atoms with Crippen molar-refractivity contribution in [2.45, 2.75) is 32.4 Å². The molecule has 1 atom stereocenters. The smallest absolute Gasteiger partial charge is 0.255 e. The zero-order valence-electron chi connectivity index (χ0n) is 10.1. The second kappa shape index (κ2) is 4.29. The van der Waals surface area contributed by atoms with Crippen LogP contribution in [0.15, 0.2) is 23.0 Å². The number of amides is 1. The van der Waals surface area contributed by atoms with Crippen molar-refractivity contribution in [3.8, 4) is 0 Å². The molecular weight excluding hydrogens is 232 g/mol. The maximum absolute atomic E-state index is 11.9. The van der Waals surface area contributed by atoms with Crippen LogP contribution in [0, 0.1) is 0 Å². The number of aromatic nitrogens is 3. The molecule has 0 bridgehead atoms. The average Bonchev–Trinajstić information content (AvgIpc) is 3.06. The fourth-order valence-electron chi connectivity index (χ4n) is 2.23. The van der Waals surface area contributed by atoms with E-state index in [9.17, 15) is 4.79 Å². The first kappa shape index (κ1) is 11.0. The summed E-state index contributed by atoms with van der Waals surface area (Å²) in [6, 6.07) is 1.47. The molecule has 3 rings (SSSR count). The maximum atomic E-state index is 11.9. The molecule has 6 heteroatoms. The number of furan rings is 1. The van der Waals surface area contributed by atoms with Gasteiger partial charge in [-0.25, -0.2) is 0 Å². The van der Waals surface area contributed by atoms with Crippen LogP contribution in [0.4, 0.5) is 0 Å². The van der Waals surface area contributed by atoms with Crippen molar-refractivity contribution < 1.29 is 9.21 Å². The van der Waals surface area contributed by atoms with E-state index in [0.29, 0.717) is 5.56 Å². The van der Waals surface area contributed by atoms with E-state index in [1.165, 1.54) is 12.5 Å². The number of fused-ring (bicyclic) bond motifs is 1. The molecule has 1 aliphatic rings. The van der Waals surface area contributed by atoms with Crippen LogP contribution in [0.3, 0.4) is 0 Å². The van der Waals surface area contributed by atoms with Crippen molar-refractivity contribution >= 4 is 5.91 Å². The Hall–Kier alpha value is -2.11. The molecule has 0 aliphatic carbocycles. The van der Waals surface area contributed by atoms with Crippen LogP contribution in [-0.2, 0) is 13.0 Å². The topological polar surface area (TPSA) is 73.0 Å². The highest BCUT2D eigenvalue weighted by molar-refractivity contribution is 5.93. The van der Waals surface area contributed by atoms with Crippen LogP contribution in [0.1, 0.15) is 41.4 Å². The van der Waals surface area contributed by atoms with Gasteiger partial charge in [0.15, 0.2) is 5.82 Å². The molecule has 0 aromatic carbocycles. The number of hydrogen-bond donors (Lipinski definition) is 1. The first-order chi connectivity index (χ1) is 8.75. The molecule has 1 aliphatic heterocycles. The summed E-state index contributed by atoms with van der Waals surface area (Å²) in [4.78, 5) is 11.9. The fraction of sp³-hybridized carbons (Fsp3) is 0.417. The summed E-state index contributed by atoms with van der Waals surface area (Å²) < 4.78 is 6.97. The van der Waals surface area contributed by atoms with Gasteiger partial charge >= 0.3 is 0 Å². The van der Waals surface area contributed by atoms with Crippen LogP contribution in [0.5, 0.6) is 0 Å². The van der Waals surface area contributed by atoms with E-state index in [1.54, 1.807) is 6.07 Å². The Morgan fingerprint density at radius 3 is 3.22 bits per heavy atom. The molecule has 94 valence electrons. The lowest BCUT2D eigenvalue weighted by Crippen LogP contribution is -2.28. The van der Waals surface area contributed by atoms with Crippen molar-refractivity contribution in [3.63, 3.8) is 0 Å². The van der Waals surface area contributed by atoms with Gasteiger partial charge in [-0.1, -0.05) is 0 Å². The Labute approximate surface area is 104 Å². The minimum atomic E-state index is -0.161. The minimum absolute atomic E-state index is 0.160. The van der Waals surface area contributed by atoms with Crippen molar-refractivity contribution in [1.82, 2.24) is 20.1 Å². The van der Waals surface area contributed by atoms with E-state index in [1.807, 2.05) is 6.92 Å². The Morgan fingerprint density at radius 1 is 1.56 bits per heavy atom. The Morgan fingerprint density at radius 2 is 2.44 bits per heavy atom. The number of carbonyl (C=O) groups is 1. The van der Waals surface area contributed by atoms with Crippen LogP contribution < -0.4 is 5.32 Å². The first-order valence-electron chi connectivity index (χ1n) is 6.01. The fourth-order valence-corrected chi connectivity index (χ4v) is 2.23. The van der Waals surface area contributed by atoms with Crippen molar-refractivity contribution in [2.75, 3.05) is 0 Å². The van der Waals surface area contributed by atoms with Gasteiger partial charge in [0.25, 0.3) is 5.91 Å². The molecule has 0 saturated carbocycles. The van der Waals surface area contributed by atoms with Crippen molar-refractivity contribution in [3.05, 3.63) is 35.8 Å². The van der Waals surface area contributed by atoms with E-state index >= 15 is 0 Å². The standard InChI is InChI=1S/C12H14N4O2/c1-8(13-12(17)9-4-6-18-7-9)11-15-14-10-3-2-5-16(10)11/h4,6-8H,2-3,5H2,1H3,(H,13,17)/t8-/m1/s1. The molecule has 1 amide bonds. The highest BCUT2D eigenvalue weighted by Gasteiger charge is 2.22. The minimum Gasteiger partial charge on any atom is -0.472 e. The number of rotatable bonds is 3. The SMILES string of the molecule is C[C@@H](NC(=O)c1ccoc1)c1nnc2n1CCC2. The van der Waals surface area contributed by atoms with Gasteiger partial charge in [0.2, 0.25) is 0 Å². The highest BCUT2D eigenvalue weighted by atomic mass is 16.3. The van der Waals surface area contributed by atoms with E-state index < -0.39 is 0 Å². The van der Waals surface area contributed by atoms with Crippen LogP contribution in [0.25, 0.3) is 0 Å². The third-order valence-electron chi connectivity index (χ3n) is 3.16. The molecule has 2 aromatic heterocycles. The van der Waals surface area contributed by atoms with Gasteiger partial charge in [-0.05, 0) is 19.4 Å². The van der Waals surface area contributed by atoms with Gasteiger partial charge in [0.1, 0.15) is 12.1 Å². The molecule has 0 unspecified atom stereocenters. The van der Waals surface area contributed by atoms with Crippen LogP contribution >= 0.6 is 0 Å². The normalized spacial score (nSPS) is 15.4. The summed E-state index contributed by atoms with van der Waals surface area (Å²) in [5.74, 6) is 1.67. The number of hydrogen-bond acceptors (Lipinski definition) is 4. The van der Waals surface area contributed by atoms with Crippen molar-refractivity contribution in [1.29, 1.82) is 0 Å². The molecule has 0 saturated heterocycles. The highest BCUT2D eigenvalue weighted by Crippen LogP contribution is 2.19. The van der Waals surface area contributed by atoms with Gasteiger partial charge in [0, 0.05) is 13.0 Å². The summed E-state index contributed by atoms with van der Waals surface area (Å²) in [5, 5.41) is 11.2. The molecule has 0 fully saturated rings.